The Bertz CT molecular complexity index is 730. The first-order valence-electron chi connectivity index (χ1n) is 6.07. The molecule has 2 rings (SSSR count). The molecule has 0 fully saturated rings. The molecule has 2 N–H and O–H groups in total. The van der Waals surface area contributed by atoms with E-state index in [1.54, 1.807) is 0 Å². The van der Waals surface area contributed by atoms with Crippen LogP contribution in [0.5, 0.6) is 0 Å². The number of para-hydroxylation sites is 1. The summed E-state index contributed by atoms with van der Waals surface area (Å²) in [6.45, 7) is 0. The molecule has 9 heteroatoms. The highest BCUT2D eigenvalue weighted by Crippen LogP contribution is 2.36. The van der Waals surface area contributed by atoms with Gasteiger partial charge in [0.05, 0.1) is 22.0 Å². The quantitative estimate of drug-likeness (QED) is 0.648. The zero-order chi connectivity index (χ0) is 17.2. The van der Waals surface area contributed by atoms with Crippen LogP contribution in [-0.4, -0.2) is 6.03 Å². The van der Waals surface area contributed by atoms with Crippen LogP contribution in [0.2, 0.25) is 10.0 Å². The molecule has 2 amide bonds. The predicted molar refractivity (Wildman–Crippen MR) is 80.5 cm³/mol. The molecule has 0 atom stereocenters. The van der Waals surface area contributed by atoms with Gasteiger partial charge in [0.2, 0.25) is 0 Å². The number of alkyl halides is 3. The fourth-order valence-corrected chi connectivity index (χ4v) is 2.13. The largest absolute Gasteiger partial charge is 0.418 e. The molecule has 0 spiro atoms. The molecule has 0 unspecified atom stereocenters. The molecule has 0 bridgehead atoms. The normalized spacial score (nSPS) is 11.2. The molecule has 0 heterocycles. The van der Waals surface area contributed by atoms with Crippen molar-refractivity contribution >= 4 is 40.6 Å². The van der Waals surface area contributed by atoms with Crippen molar-refractivity contribution < 1.29 is 22.4 Å². The molecule has 0 aliphatic carbocycles. The summed E-state index contributed by atoms with van der Waals surface area (Å²) < 4.78 is 52.3. The van der Waals surface area contributed by atoms with E-state index in [2.05, 4.69) is 5.32 Å². The number of urea groups is 1. The summed E-state index contributed by atoms with van der Waals surface area (Å²) in [5.41, 5.74) is -1.99. The van der Waals surface area contributed by atoms with Crippen LogP contribution in [0.15, 0.2) is 36.4 Å². The van der Waals surface area contributed by atoms with Crippen LogP contribution < -0.4 is 10.6 Å². The number of benzene rings is 2. The van der Waals surface area contributed by atoms with E-state index < -0.39 is 29.3 Å². The summed E-state index contributed by atoms with van der Waals surface area (Å²) in [6.07, 6.45) is -4.72. The average Bonchev–Trinajstić information content (AvgIpc) is 2.44. The van der Waals surface area contributed by atoms with Gasteiger partial charge in [0.1, 0.15) is 5.82 Å². The van der Waals surface area contributed by atoms with E-state index in [0.717, 1.165) is 12.1 Å². The van der Waals surface area contributed by atoms with E-state index in [9.17, 15) is 22.4 Å². The van der Waals surface area contributed by atoms with Gasteiger partial charge in [0, 0.05) is 5.02 Å². The van der Waals surface area contributed by atoms with Gasteiger partial charge < -0.3 is 10.6 Å². The highest BCUT2D eigenvalue weighted by molar-refractivity contribution is 6.33. The molecule has 23 heavy (non-hydrogen) atoms. The third-order valence-corrected chi connectivity index (χ3v) is 3.29. The SMILES string of the molecule is O=C(Nc1ccc(Cl)cc1C(F)(F)F)Nc1c(F)cccc1Cl. The van der Waals surface area contributed by atoms with Crippen molar-refractivity contribution in [2.75, 3.05) is 10.6 Å². The molecule has 0 saturated carbocycles. The minimum absolute atomic E-state index is 0.0905. The molecule has 0 saturated heterocycles. The van der Waals surface area contributed by atoms with Crippen LogP contribution in [0.25, 0.3) is 0 Å². The van der Waals surface area contributed by atoms with Gasteiger partial charge in [0.25, 0.3) is 0 Å². The maximum absolute atomic E-state index is 13.5. The van der Waals surface area contributed by atoms with Crippen LogP contribution in [0, 0.1) is 5.82 Å². The van der Waals surface area contributed by atoms with Crippen molar-refractivity contribution in [3.05, 3.63) is 57.8 Å². The minimum Gasteiger partial charge on any atom is -0.307 e. The van der Waals surface area contributed by atoms with Gasteiger partial charge in [-0.05, 0) is 30.3 Å². The lowest BCUT2D eigenvalue weighted by molar-refractivity contribution is -0.136. The van der Waals surface area contributed by atoms with Crippen molar-refractivity contribution in [2.24, 2.45) is 0 Å². The first-order chi connectivity index (χ1) is 10.7. The number of carbonyl (C=O) groups is 1. The fraction of sp³-hybridized carbons (Fsp3) is 0.0714. The number of halogens is 6. The van der Waals surface area contributed by atoms with E-state index in [1.165, 1.54) is 18.2 Å². The highest BCUT2D eigenvalue weighted by atomic mass is 35.5. The lowest BCUT2D eigenvalue weighted by Gasteiger charge is -2.15. The van der Waals surface area contributed by atoms with Gasteiger partial charge in [-0.3, -0.25) is 0 Å². The average molecular weight is 367 g/mol. The molecule has 0 radical (unpaired) electrons. The topological polar surface area (TPSA) is 41.1 Å². The Morgan fingerprint density at radius 1 is 1.04 bits per heavy atom. The minimum atomic E-state index is -4.72. The van der Waals surface area contributed by atoms with Crippen molar-refractivity contribution in [1.29, 1.82) is 0 Å². The van der Waals surface area contributed by atoms with Gasteiger partial charge >= 0.3 is 12.2 Å². The number of amides is 2. The summed E-state index contributed by atoms with van der Waals surface area (Å²) in [4.78, 5) is 11.8. The number of nitrogens with one attached hydrogen (secondary N) is 2. The Balaban J connectivity index is 2.25. The van der Waals surface area contributed by atoms with Crippen molar-refractivity contribution in [2.45, 2.75) is 6.18 Å². The fourth-order valence-electron chi connectivity index (χ4n) is 1.74. The molecule has 2 aromatic carbocycles. The summed E-state index contributed by atoms with van der Waals surface area (Å²) >= 11 is 11.3. The smallest absolute Gasteiger partial charge is 0.307 e. The van der Waals surface area contributed by atoms with Crippen LogP contribution >= 0.6 is 23.2 Å². The number of anilines is 2. The number of hydrogen-bond donors (Lipinski definition) is 2. The van der Waals surface area contributed by atoms with Gasteiger partial charge in [-0.1, -0.05) is 29.3 Å². The second-order valence-corrected chi connectivity index (χ2v) is 5.21. The van der Waals surface area contributed by atoms with E-state index in [-0.39, 0.29) is 15.7 Å². The predicted octanol–water partition coefficient (Wildman–Crippen LogP) is 5.80. The number of hydrogen-bond acceptors (Lipinski definition) is 1. The van der Waals surface area contributed by atoms with E-state index >= 15 is 0 Å². The monoisotopic (exact) mass is 366 g/mol. The lowest BCUT2D eigenvalue weighted by atomic mass is 10.1. The van der Waals surface area contributed by atoms with Crippen LogP contribution in [0.1, 0.15) is 5.56 Å². The van der Waals surface area contributed by atoms with Gasteiger partial charge in [-0.15, -0.1) is 0 Å². The molecule has 0 aromatic heterocycles. The van der Waals surface area contributed by atoms with E-state index in [4.69, 9.17) is 23.2 Å². The third-order valence-electron chi connectivity index (χ3n) is 2.74. The molecule has 3 nitrogen and oxygen atoms in total. The Kier molecular flexibility index (Phi) is 5.01. The second kappa shape index (κ2) is 6.64. The molecule has 122 valence electrons. The van der Waals surface area contributed by atoms with E-state index in [1.807, 2.05) is 5.32 Å². The Morgan fingerprint density at radius 2 is 1.74 bits per heavy atom. The molecule has 0 aliphatic heterocycles. The van der Waals surface area contributed by atoms with Crippen LogP contribution in [-0.2, 0) is 6.18 Å². The van der Waals surface area contributed by atoms with Gasteiger partial charge in [0.15, 0.2) is 0 Å². The van der Waals surface area contributed by atoms with Gasteiger partial charge in [-0.2, -0.15) is 13.2 Å². The number of rotatable bonds is 2. The number of carbonyl (C=O) groups excluding carboxylic acids is 1. The molecule has 2 aromatic rings. The second-order valence-electron chi connectivity index (χ2n) is 4.36. The zero-order valence-corrected chi connectivity index (χ0v) is 12.7. The summed E-state index contributed by atoms with van der Waals surface area (Å²) in [5, 5.41) is 3.83. The summed E-state index contributed by atoms with van der Waals surface area (Å²) in [5.74, 6) is -0.820. The third kappa shape index (κ3) is 4.27. The first-order valence-corrected chi connectivity index (χ1v) is 6.83. The Hall–Kier alpha value is -1.99. The molecular weight excluding hydrogens is 359 g/mol. The molecule has 0 aliphatic rings. The molecular formula is C14H8Cl2F4N2O. The first kappa shape index (κ1) is 17.4. The van der Waals surface area contributed by atoms with Gasteiger partial charge in [-0.25, -0.2) is 9.18 Å². The zero-order valence-electron chi connectivity index (χ0n) is 11.1. The van der Waals surface area contributed by atoms with Crippen LogP contribution in [0.3, 0.4) is 0 Å². The maximum Gasteiger partial charge on any atom is 0.418 e. The Labute approximate surface area is 138 Å². The lowest BCUT2D eigenvalue weighted by Crippen LogP contribution is -2.22. The summed E-state index contributed by atoms with van der Waals surface area (Å²) in [7, 11) is 0. The van der Waals surface area contributed by atoms with Crippen LogP contribution in [0.4, 0.5) is 33.7 Å². The standard InChI is InChI=1S/C14H8Cl2F4N2O/c15-7-4-5-11(8(6-7)14(18,19)20)21-13(23)22-12-9(16)2-1-3-10(12)17/h1-6H,(H2,21,22,23). The maximum atomic E-state index is 13.5. The van der Waals surface area contributed by atoms with Crippen molar-refractivity contribution in [3.63, 3.8) is 0 Å². The summed E-state index contributed by atoms with van der Waals surface area (Å²) in [6, 6.07) is 5.46. The van der Waals surface area contributed by atoms with E-state index in [0.29, 0.717) is 6.07 Å². The Morgan fingerprint density at radius 3 is 2.35 bits per heavy atom. The van der Waals surface area contributed by atoms with Crippen molar-refractivity contribution in [3.8, 4) is 0 Å². The highest BCUT2D eigenvalue weighted by Gasteiger charge is 2.34. The van der Waals surface area contributed by atoms with Crippen molar-refractivity contribution in [1.82, 2.24) is 0 Å².